The van der Waals surface area contributed by atoms with Crippen LogP contribution in [0.15, 0.2) is 95.9 Å². The summed E-state index contributed by atoms with van der Waals surface area (Å²) in [6.45, 7) is 0. The van der Waals surface area contributed by atoms with Crippen molar-refractivity contribution < 1.29 is 0 Å². The zero-order valence-electron chi connectivity index (χ0n) is 16.4. The standard InChI is InChI=1S/C24H17BrN6/c25-18-8-4-6-16(12-18)23-20(15-31(30-23)19-9-2-1-3-10-19)22-13-21(28-24(26)29-22)17-7-5-11-27-14-17/h1-15H,(H2,26,28,29). The molecule has 0 aliphatic heterocycles. The van der Waals surface area contributed by atoms with Gasteiger partial charge in [-0.05, 0) is 42.5 Å². The lowest BCUT2D eigenvalue weighted by molar-refractivity contribution is 0.884. The number of anilines is 1. The number of pyridine rings is 1. The number of halogens is 1. The average Bonchev–Trinajstić information content (AvgIpc) is 3.26. The van der Waals surface area contributed by atoms with Crippen molar-refractivity contribution in [1.29, 1.82) is 0 Å². The van der Waals surface area contributed by atoms with Gasteiger partial charge in [-0.2, -0.15) is 5.10 Å². The van der Waals surface area contributed by atoms with Gasteiger partial charge in [0.2, 0.25) is 5.95 Å². The van der Waals surface area contributed by atoms with Crippen molar-refractivity contribution in [2.75, 3.05) is 5.73 Å². The van der Waals surface area contributed by atoms with E-state index >= 15 is 0 Å². The van der Waals surface area contributed by atoms with Gasteiger partial charge in [0.1, 0.15) is 5.69 Å². The molecule has 0 unspecified atom stereocenters. The first-order valence-corrected chi connectivity index (χ1v) is 10.4. The number of para-hydroxylation sites is 1. The lowest BCUT2D eigenvalue weighted by Gasteiger charge is -2.07. The van der Waals surface area contributed by atoms with Gasteiger partial charge in [-0.3, -0.25) is 4.98 Å². The molecular formula is C24H17BrN6. The number of benzene rings is 2. The second-order valence-corrected chi connectivity index (χ2v) is 7.84. The molecule has 3 aromatic heterocycles. The fourth-order valence-corrected chi connectivity index (χ4v) is 3.79. The smallest absolute Gasteiger partial charge is 0.221 e. The van der Waals surface area contributed by atoms with E-state index < -0.39 is 0 Å². The average molecular weight is 469 g/mol. The molecule has 7 heteroatoms. The maximum Gasteiger partial charge on any atom is 0.221 e. The minimum atomic E-state index is 0.198. The molecule has 2 aromatic carbocycles. The number of rotatable bonds is 4. The van der Waals surface area contributed by atoms with Gasteiger partial charge >= 0.3 is 0 Å². The predicted octanol–water partition coefficient (Wildman–Crippen LogP) is 5.40. The van der Waals surface area contributed by atoms with Crippen LogP contribution in [0.25, 0.3) is 39.5 Å². The maximum atomic E-state index is 6.09. The number of hydrogen-bond acceptors (Lipinski definition) is 5. The summed E-state index contributed by atoms with van der Waals surface area (Å²) in [4.78, 5) is 13.1. The zero-order valence-corrected chi connectivity index (χ0v) is 17.9. The highest BCUT2D eigenvalue weighted by atomic mass is 79.9. The third kappa shape index (κ3) is 3.95. The van der Waals surface area contributed by atoms with Gasteiger partial charge in [-0.1, -0.05) is 46.3 Å². The highest BCUT2D eigenvalue weighted by Gasteiger charge is 2.17. The molecule has 0 aliphatic rings. The van der Waals surface area contributed by atoms with Gasteiger partial charge in [-0.15, -0.1) is 0 Å². The Kier molecular flexibility index (Phi) is 5.01. The minimum absolute atomic E-state index is 0.198. The highest BCUT2D eigenvalue weighted by molar-refractivity contribution is 9.10. The Bertz CT molecular complexity index is 1350. The molecule has 6 nitrogen and oxygen atoms in total. The van der Waals surface area contributed by atoms with E-state index in [0.29, 0.717) is 11.4 Å². The van der Waals surface area contributed by atoms with Crippen LogP contribution < -0.4 is 5.73 Å². The lowest BCUT2D eigenvalue weighted by atomic mass is 10.0. The van der Waals surface area contributed by atoms with Crippen LogP contribution in [0.2, 0.25) is 0 Å². The first-order chi connectivity index (χ1) is 15.2. The lowest BCUT2D eigenvalue weighted by Crippen LogP contribution is -1.99. The number of aromatic nitrogens is 5. The Morgan fingerprint density at radius 2 is 1.61 bits per heavy atom. The summed E-state index contributed by atoms with van der Waals surface area (Å²) in [6, 6.07) is 23.7. The molecular weight excluding hydrogens is 452 g/mol. The molecule has 0 bridgehead atoms. The van der Waals surface area contributed by atoms with Crippen LogP contribution in [0, 0.1) is 0 Å². The fraction of sp³-hybridized carbons (Fsp3) is 0. The van der Waals surface area contributed by atoms with Gasteiger partial charge in [0.15, 0.2) is 0 Å². The molecule has 0 spiro atoms. The molecule has 0 aliphatic carbocycles. The van der Waals surface area contributed by atoms with Crippen LogP contribution in [0.1, 0.15) is 0 Å². The van der Waals surface area contributed by atoms with Crippen molar-refractivity contribution in [1.82, 2.24) is 24.7 Å². The summed E-state index contributed by atoms with van der Waals surface area (Å²) >= 11 is 3.56. The van der Waals surface area contributed by atoms with E-state index in [0.717, 1.165) is 32.5 Å². The van der Waals surface area contributed by atoms with E-state index in [4.69, 9.17) is 10.8 Å². The van der Waals surface area contributed by atoms with Gasteiger partial charge in [-0.25, -0.2) is 14.6 Å². The number of hydrogen-bond donors (Lipinski definition) is 1. The van der Waals surface area contributed by atoms with Gasteiger partial charge in [0, 0.05) is 39.8 Å². The Balaban J connectivity index is 1.72. The summed E-state index contributed by atoms with van der Waals surface area (Å²) in [5.74, 6) is 0.198. The third-order valence-corrected chi connectivity index (χ3v) is 5.30. The van der Waals surface area contributed by atoms with E-state index in [1.54, 1.807) is 12.4 Å². The van der Waals surface area contributed by atoms with Crippen molar-refractivity contribution in [2.45, 2.75) is 0 Å². The largest absolute Gasteiger partial charge is 0.368 e. The summed E-state index contributed by atoms with van der Waals surface area (Å²) in [5, 5.41) is 4.88. The van der Waals surface area contributed by atoms with Crippen LogP contribution in [-0.2, 0) is 0 Å². The molecule has 31 heavy (non-hydrogen) atoms. The van der Waals surface area contributed by atoms with E-state index in [9.17, 15) is 0 Å². The minimum Gasteiger partial charge on any atom is -0.368 e. The van der Waals surface area contributed by atoms with E-state index in [1.165, 1.54) is 0 Å². The normalized spacial score (nSPS) is 10.9. The summed E-state index contributed by atoms with van der Waals surface area (Å²) in [7, 11) is 0. The van der Waals surface area contributed by atoms with Crippen LogP contribution in [0.3, 0.4) is 0 Å². The molecule has 5 rings (SSSR count). The zero-order chi connectivity index (χ0) is 21.2. The number of nitrogen functional groups attached to an aromatic ring is 1. The molecule has 0 fully saturated rings. The molecule has 0 saturated carbocycles. The van der Waals surface area contributed by atoms with Gasteiger partial charge < -0.3 is 5.73 Å². The fourth-order valence-electron chi connectivity index (χ4n) is 3.39. The van der Waals surface area contributed by atoms with Crippen LogP contribution in [-0.4, -0.2) is 24.7 Å². The molecule has 0 amide bonds. The number of nitrogens with two attached hydrogens (primary N) is 1. The summed E-state index contributed by atoms with van der Waals surface area (Å²) in [5.41, 5.74) is 12.0. The molecule has 0 atom stereocenters. The van der Waals surface area contributed by atoms with E-state index in [1.807, 2.05) is 83.7 Å². The first-order valence-electron chi connectivity index (χ1n) is 9.64. The highest BCUT2D eigenvalue weighted by Crippen LogP contribution is 2.34. The first kappa shape index (κ1) is 19.1. The molecule has 0 saturated heterocycles. The second-order valence-electron chi connectivity index (χ2n) is 6.92. The van der Waals surface area contributed by atoms with Crippen LogP contribution >= 0.6 is 15.9 Å². The Morgan fingerprint density at radius 3 is 2.39 bits per heavy atom. The monoisotopic (exact) mass is 468 g/mol. The Labute approximate surface area is 187 Å². The van der Waals surface area contributed by atoms with Crippen molar-refractivity contribution in [2.24, 2.45) is 0 Å². The van der Waals surface area contributed by atoms with Crippen molar-refractivity contribution in [3.63, 3.8) is 0 Å². The molecule has 0 radical (unpaired) electrons. The Hall–Kier alpha value is -3.84. The van der Waals surface area contributed by atoms with Crippen molar-refractivity contribution in [3.05, 3.63) is 95.9 Å². The summed E-state index contributed by atoms with van der Waals surface area (Å²) < 4.78 is 2.83. The molecule has 2 N–H and O–H groups in total. The number of nitrogens with zero attached hydrogens (tertiary/aromatic N) is 5. The maximum absolute atomic E-state index is 6.09. The quantitative estimate of drug-likeness (QED) is 0.381. The van der Waals surface area contributed by atoms with E-state index in [2.05, 4.69) is 30.9 Å². The second kappa shape index (κ2) is 8.12. The van der Waals surface area contributed by atoms with E-state index in [-0.39, 0.29) is 5.95 Å². The molecule has 3 heterocycles. The Morgan fingerprint density at radius 1 is 0.806 bits per heavy atom. The van der Waals surface area contributed by atoms with Crippen molar-refractivity contribution in [3.8, 4) is 39.5 Å². The van der Waals surface area contributed by atoms with Gasteiger partial charge in [0.05, 0.1) is 17.1 Å². The predicted molar refractivity (Wildman–Crippen MR) is 125 cm³/mol. The third-order valence-electron chi connectivity index (χ3n) is 4.81. The van der Waals surface area contributed by atoms with Crippen LogP contribution in [0.4, 0.5) is 5.95 Å². The van der Waals surface area contributed by atoms with Crippen molar-refractivity contribution >= 4 is 21.9 Å². The summed E-state index contributed by atoms with van der Waals surface area (Å²) in [6.07, 6.45) is 5.46. The molecule has 5 aromatic rings. The van der Waals surface area contributed by atoms with Gasteiger partial charge in [0.25, 0.3) is 0 Å². The molecule has 150 valence electrons. The topological polar surface area (TPSA) is 82.5 Å². The van der Waals surface area contributed by atoms with Crippen LogP contribution in [0.5, 0.6) is 0 Å². The SMILES string of the molecule is Nc1nc(-c2cccnc2)cc(-c2cn(-c3ccccc3)nc2-c2cccc(Br)c2)n1.